The topological polar surface area (TPSA) is 51.3 Å². The van der Waals surface area contributed by atoms with Crippen LogP contribution in [0.1, 0.15) is 5.56 Å². The van der Waals surface area contributed by atoms with Crippen molar-refractivity contribution in [2.24, 2.45) is 4.99 Å². The number of nitrogens with zero attached hydrogens (tertiary/aromatic N) is 2. The van der Waals surface area contributed by atoms with Crippen molar-refractivity contribution < 1.29 is 8.78 Å². The molecule has 0 aliphatic carbocycles. The van der Waals surface area contributed by atoms with E-state index in [2.05, 4.69) is 16.7 Å². The molecule has 1 aromatic heterocycles. The van der Waals surface area contributed by atoms with E-state index < -0.39 is 11.6 Å². The number of hydrogen-bond donors (Lipinski definition) is 1. The first-order chi connectivity index (χ1) is 7.13. The minimum atomic E-state index is -0.912. The molecule has 0 aliphatic rings. The number of nitrogens with two attached hydrogens (primary N) is 1. The molecule has 3 nitrogen and oxygen atoms in total. The minimum Gasteiger partial charge on any atom is -0.375 e. The molecule has 1 aromatic carbocycles. The SMILES string of the molecule is C=NCc1cc(F)c(F)c2sc(N)nc12. The zero-order chi connectivity index (χ0) is 11.0. The van der Waals surface area contributed by atoms with Crippen LogP contribution < -0.4 is 5.73 Å². The zero-order valence-electron chi connectivity index (χ0n) is 7.63. The summed E-state index contributed by atoms with van der Waals surface area (Å²) in [5.74, 6) is -1.82. The lowest BCUT2D eigenvalue weighted by Gasteiger charge is -2.00. The van der Waals surface area contributed by atoms with Gasteiger partial charge in [0.1, 0.15) is 0 Å². The molecule has 0 fully saturated rings. The molecule has 0 unspecified atom stereocenters. The summed E-state index contributed by atoms with van der Waals surface area (Å²) >= 11 is 0.923. The molecule has 15 heavy (non-hydrogen) atoms. The number of benzene rings is 1. The van der Waals surface area contributed by atoms with E-state index in [-0.39, 0.29) is 16.4 Å². The van der Waals surface area contributed by atoms with Gasteiger partial charge in [-0.25, -0.2) is 13.8 Å². The number of thiazole rings is 1. The van der Waals surface area contributed by atoms with Gasteiger partial charge in [-0.2, -0.15) is 0 Å². The predicted octanol–water partition coefficient (Wildman–Crippen LogP) is 2.36. The molecule has 2 N–H and O–H groups in total. The van der Waals surface area contributed by atoms with Gasteiger partial charge in [-0.05, 0) is 12.8 Å². The molecule has 78 valence electrons. The summed E-state index contributed by atoms with van der Waals surface area (Å²) in [6.07, 6.45) is 0. The molecule has 2 aromatic rings. The number of anilines is 1. The van der Waals surface area contributed by atoms with Gasteiger partial charge >= 0.3 is 0 Å². The average molecular weight is 227 g/mol. The van der Waals surface area contributed by atoms with E-state index in [1.165, 1.54) is 0 Å². The first-order valence-electron chi connectivity index (χ1n) is 4.09. The van der Waals surface area contributed by atoms with Gasteiger partial charge in [0.05, 0.1) is 16.8 Å². The molecule has 0 radical (unpaired) electrons. The van der Waals surface area contributed by atoms with Crippen molar-refractivity contribution in [3.8, 4) is 0 Å². The number of halogens is 2. The molecule has 0 atom stereocenters. The Kier molecular flexibility index (Phi) is 2.36. The highest BCUT2D eigenvalue weighted by molar-refractivity contribution is 7.22. The maximum Gasteiger partial charge on any atom is 0.181 e. The highest BCUT2D eigenvalue weighted by atomic mass is 32.1. The Morgan fingerprint density at radius 3 is 2.93 bits per heavy atom. The highest BCUT2D eigenvalue weighted by Crippen LogP contribution is 2.30. The van der Waals surface area contributed by atoms with E-state index in [1.54, 1.807) is 0 Å². The first-order valence-corrected chi connectivity index (χ1v) is 4.90. The van der Waals surface area contributed by atoms with Crippen molar-refractivity contribution >= 4 is 33.4 Å². The lowest BCUT2D eigenvalue weighted by Crippen LogP contribution is -1.91. The highest BCUT2D eigenvalue weighted by Gasteiger charge is 2.15. The van der Waals surface area contributed by atoms with Crippen molar-refractivity contribution in [2.45, 2.75) is 6.54 Å². The Morgan fingerprint density at radius 2 is 2.27 bits per heavy atom. The van der Waals surface area contributed by atoms with Crippen LogP contribution >= 0.6 is 11.3 Å². The fraction of sp³-hybridized carbons (Fsp3) is 0.111. The van der Waals surface area contributed by atoms with Gasteiger partial charge in [0.25, 0.3) is 0 Å². The number of hydrogen-bond acceptors (Lipinski definition) is 4. The number of aliphatic imine (C=N–C) groups is 1. The zero-order valence-corrected chi connectivity index (χ0v) is 8.44. The normalized spacial score (nSPS) is 10.8. The summed E-state index contributed by atoms with van der Waals surface area (Å²) < 4.78 is 26.6. The van der Waals surface area contributed by atoms with E-state index in [4.69, 9.17) is 5.73 Å². The Labute approximate surface area is 88.3 Å². The number of rotatable bonds is 2. The van der Waals surface area contributed by atoms with Crippen LogP contribution in [0, 0.1) is 11.6 Å². The monoisotopic (exact) mass is 227 g/mol. The molecule has 0 saturated carbocycles. The van der Waals surface area contributed by atoms with Crippen LogP contribution in [0.5, 0.6) is 0 Å². The van der Waals surface area contributed by atoms with Gasteiger partial charge in [-0.3, -0.25) is 4.99 Å². The van der Waals surface area contributed by atoms with Crippen LogP contribution in [0.4, 0.5) is 13.9 Å². The predicted molar refractivity (Wildman–Crippen MR) is 57.2 cm³/mol. The van der Waals surface area contributed by atoms with Gasteiger partial charge in [0, 0.05) is 5.56 Å². The van der Waals surface area contributed by atoms with Crippen molar-refractivity contribution in [2.75, 3.05) is 5.73 Å². The van der Waals surface area contributed by atoms with Crippen molar-refractivity contribution in [3.05, 3.63) is 23.3 Å². The molecule has 0 saturated heterocycles. The fourth-order valence-electron chi connectivity index (χ4n) is 1.34. The quantitative estimate of drug-likeness (QED) is 0.800. The van der Waals surface area contributed by atoms with Crippen LogP contribution in [0.15, 0.2) is 11.1 Å². The van der Waals surface area contributed by atoms with E-state index in [0.717, 1.165) is 17.4 Å². The molecular formula is C9H7F2N3S. The van der Waals surface area contributed by atoms with E-state index in [1.807, 2.05) is 0 Å². The Hall–Kier alpha value is -1.56. The molecule has 6 heteroatoms. The van der Waals surface area contributed by atoms with E-state index in [0.29, 0.717) is 11.1 Å². The van der Waals surface area contributed by atoms with Gasteiger partial charge in [-0.1, -0.05) is 11.3 Å². The molecular weight excluding hydrogens is 220 g/mol. The number of nitrogen functional groups attached to an aromatic ring is 1. The second-order valence-electron chi connectivity index (χ2n) is 2.94. The summed E-state index contributed by atoms with van der Waals surface area (Å²) in [4.78, 5) is 7.56. The Balaban J connectivity index is 2.80. The maximum atomic E-state index is 13.3. The van der Waals surface area contributed by atoms with Crippen LogP contribution in [-0.2, 0) is 6.54 Å². The summed E-state index contributed by atoms with van der Waals surface area (Å²) in [6.45, 7) is 3.49. The second kappa shape index (κ2) is 3.54. The molecule has 0 amide bonds. The number of aromatic nitrogens is 1. The summed E-state index contributed by atoms with van der Waals surface area (Å²) in [6, 6.07) is 1.07. The molecule has 0 spiro atoms. The third-order valence-corrected chi connectivity index (χ3v) is 2.82. The van der Waals surface area contributed by atoms with Gasteiger partial charge < -0.3 is 5.73 Å². The summed E-state index contributed by atoms with van der Waals surface area (Å²) in [5.41, 5.74) is 6.30. The Morgan fingerprint density at radius 1 is 1.53 bits per heavy atom. The molecule has 0 bridgehead atoms. The molecule has 2 rings (SSSR count). The van der Waals surface area contributed by atoms with Gasteiger partial charge in [0.15, 0.2) is 16.8 Å². The summed E-state index contributed by atoms with van der Waals surface area (Å²) in [5, 5.41) is 0.208. The molecule has 0 aliphatic heterocycles. The lowest BCUT2D eigenvalue weighted by atomic mass is 10.2. The standard InChI is InChI=1S/C9H7F2N3S/c1-13-3-4-2-5(10)6(11)8-7(4)14-9(12)15-8/h2H,1,3H2,(H2,12,14). The van der Waals surface area contributed by atoms with Crippen molar-refractivity contribution in [1.29, 1.82) is 0 Å². The third kappa shape index (κ3) is 1.56. The second-order valence-corrected chi connectivity index (χ2v) is 3.97. The van der Waals surface area contributed by atoms with Crippen LogP contribution in [0.2, 0.25) is 0 Å². The minimum absolute atomic E-state index is 0.131. The smallest absolute Gasteiger partial charge is 0.181 e. The van der Waals surface area contributed by atoms with E-state index >= 15 is 0 Å². The number of fused-ring (bicyclic) bond motifs is 1. The fourth-order valence-corrected chi connectivity index (χ4v) is 2.14. The van der Waals surface area contributed by atoms with Crippen molar-refractivity contribution in [3.63, 3.8) is 0 Å². The lowest BCUT2D eigenvalue weighted by molar-refractivity contribution is 0.517. The van der Waals surface area contributed by atoms with Crippen molar-refractivity contribution in [1.82, 2.24) is 4.98 Å². The average Bonchev–Trinajstić information content (AvgIpc) is 2.57. The van der Waals surface area contributed by atoms with Gasteiger partial charge in [0.2, 0.25) is 0 Å². The van der Waals surface area contributed by atoms with E-state index in [9.17, 15) is 8.78 Å². The largest absolute Gasteiger partial charge is 0.375 e. The molecule has 1 heterocycles. The van der Waals surface area contributed by atoms with Crippen LogP contribution in [0.25, 0.3) is 10.2 Å². The first kappa shape index (κ1) is 9.97. The summed E-state index contributed by atoms with van der Waals surface area (Å²) in [7, 11) is 0. The van der Waals surface area contributed by atoms with Crippen LogP contribution in [0.3, 0.4) is 0 Å². The third-order valence-electron chi connectivity index (χ3n) is 1.94. The van der Waals surface area contributed by atoms with Gasteiger partial charge in [-0.15, -0.1) is 0 Å². The maximum absolute atomic E-state index is 13.3. The van der Waals surface area contributed by atoms with Crippen LogP contribution in [-0.4, -0.2) is 11.7 Å². The Bertz CT molecular complexity index is 536.